The van der Waals surface area contributed by atoms with E-state index in [1.807, 2.05) is 0 Å². The predicted molar refractivity (Wildman–Crippen MR) is 91.5 cm³/mol. The van der Waals surface area contributed by atoms with E-state index in [0.717, 1.165) is 0 Å². The fourth-order valence-electron chi connectivity index (χ4n) is 1.68. The van der Waals surface area contributed by atoms with Crippen LogP contribution >= 0.6 is 27.5 Å². The molecule has 2 amide bonds. The number of hydrogen-bond donors (Lipinski definition) is 2. The van der Waals surface area contributed by atoms with Crippen LogP contribution in [0.25, 0.3) is 0 Å². The molecule has 0 unspecified atom stereocenters. The first-order valence-electron chi connectivity index (χ1n) is 6.74. The van der Waals surface area contributed by atoms with Crippen molar-refractivity contribution in [2.45, 2.75) is 0 Å². The van der Waals surface area contributed by atoms with Crippen molar-refractivity contribution in [3.05, 3.63) is 69.2 Å². The van der Waals surface area contributed by atoms with Gasteiger partial charge >= 0.3 is 5.97 Å². The van der Waals surface area contributed by atoms with Gasteiger partial charge in [-0.1, -0.05) is 23.7 Å². The number of benzene rings is 2. The number of amides is 2. The van der Waals surface area contributed by atoms with E-state index in [4.69, 9.17) is 16.3 Å². The Morgan fingerprint density at radius 3 is 2.33 bits per heavy atom. The highest BCUT2D eigenvalue weighted by Crippen LogP contribution is 2.15. The predicted octanol–water partition coefficient (Wildman–Crippen LogP) is 2.72. The van der Waals surface area contributed by atoms with Gasteiger partial charge in [0.15, 0.2) is 6.61 Å². The maximum Gasteiger partial charge on any atom is 0.338 e. The minimum atomic E-state index is -0.669. The van der Waals surface area contributed by atoms with Gasteiger partial charge in [-0.05, 0) is 52.3 Å². The normalized spacial score (nSPS) is 9.92. The van der Waals surface area contributed by atoms with Crippen LogP contribution in [0, 0.1) is 0 Å². The van der Waals surface area contributed by atoms with E-state index < -0.39 is 24.4 Å². The van der Waals surface area contributed by atoms with Gasteiger partial charge in [0.25, 0.3) is 11.8 Å². The summed E-state index contributed by atoms with van der Waals surface area (Å²) in [5.41, 5.74) is 5.03. The highest BCUT2D eigenvalue weighted by atomic mass is 79.9. The van der Waals surface area contributed by atoms with Crippen LogP contribution < -0.4 is 10.9 Å². The highest BCUT2D eigenvalue weighted by molar-refractivity contribution is 9.10. The second-order valence-electron chi connectivity index (χ2n) is 4.57. The van der Waals surface area contributed by atoms with E-state index in [-0.39, 0.29) is 5.56 Å². The molecule has 0 spiro atoms. The Kier molecular flexibility index (Phi) is 6.34. The Balaban J connectivity index is 1.79. The average molecular weight is 412 g/mol. The summed E-state index contributed by atoms with van der Waals surface area (Å²) in [5.74, 6) is -1.84. The van der Waals surface area contributed by atoms with Crippen LogP contribution in [0.5, 0.6) is 0 Å². The third kappa shape index (κ3) is 5.07. The lowest BCUT2D eigenvalue weighted by molar-refractivity contribution is -0.125. The summed E-state index contributed by atoms with van der Waals surface area (Å²) in [6.07, 6.45) is 0. The Hall–Kier alpha value is -2.38. The van der Waals surface area contributed by atoms with Gasteiger partial charge in [0.05, 0.1) is 11.1 Å². The molecular formula is C16H12BrClN2O4. The van der Waals surface area contributed by atoms with Crippen molar-refractivity contribution >= 4 is 45.3 Å². The number of carbonyl (C=O) groups excluding carboxylic acids is 3. The first-order valence-corrected chi connectivity index (χ1v) is 7.91. The molecule has 0 bridgehead atoms. The number of ether oxygens (including phenoxy) is 1. The van der Waals surface area contributed by atoms with Gasteiger partial charge < -0.3 is 4.74 Å². The van der Waals surface area contributed by atoms with Crippen LogP contribution in [0.2, 0.25) is 5.02 Å². The lowest BCUT2D eigenvalue weighted by atomic mass is 10.2. The fraction of sp³-hybridized carbons (Fsp3) is 0.0625. The van der Waals surface area contributed by atoms with Crippen LogP contribution in [-0.4, -0.2) is 24.4 Å². The zero-order valence-corrected chi connectivity index (χ0v) is 14.6. The second-order valence-corrected chi connectivity index (χ2v) is 5.86. The molecule has 0 heterocycles. The van der Waals surface area contributed by atoms with Crippen molar-refractivity contribution in [3.8, 4) is 0 Å². The number of halogens is 2. The van der Waals surface area contributed by atoms with Crippen LogP contribution in [0.1, 0.15) is 20.7 Å². The molecule has 0 atom stereocenters. The van der Waals surface area contributed by atoms with Crippen LogP contribution in [0.3, 0.4) is 0 Å². The lowest BCUT2D eigenvalue weighted by Gasteiger charge is -2.09. The molecule has 24 heavy (non-hydrogen) atoms. The molecule has 0 radical (unpaired) electrons. The minimum Gasteiger partial charge on any atom is -0.452 e. The van der Waals surface area contributed by atoms with E-state index in [1.54, 1.807) is 24.3 Å². The Morgan fingerprint density at radius 1 is 1.00 bits per heavy atom. The third-order valence-electron chi connectivity index (χ3n) is 2.85. The van der Waals surface area contributed by atoms with E-state index in [0.29, 0.717) is 15.1 Å². The van der Waals surface area contributed by atoms with Gasteiger partial charge in [0.2, 0.25) is 0 Å². The first kappa shape index (κ1) is 18.0. The van der Waals surface area contributed by atoms with Gasteiger partial charge in [0.1, 0.15) is 0 Å². The van der Waals surface area contributed by atoms with Gasteiger partial charge in [-0.3, -0.25) is 20.4 Å². The van der Waals surface area contributed by atoms with Crippen LogP contribution in [-0.2, 0) is 9.53 Å². The topological polar surface area (TPSA) is 84.5 Å². The molecule has 8 heteroatoms. The molecule has 2 aromatic carbocycles. The van der Waals surface area contributed by atoms with Gasteiger partial charge in [-0.25, -0.2) is 4.79 Å². The number of nitrogens with one attached hydrogen (secondary N) is 2. The number of esters is 1. The van der Waals surface area contributed by atoms with E-state index >= 15 is 0 Å². The molecule has 0 aromatic heterocycles. The van der Waals surface area contributed by atoms with Gasteiger partial charge in [-0.15, -0.1) is 0 Å². The van der Waals surface area contributed by atoms with Crippen molar-refractivity contribution in [1.82, 2.24) is 10.9 Å². The average Bonchev–Trinajstić information content (AvgIpc) is 2.58. The monoisotopic (exact) mass is 410 g/mol. The minimum absolute atomic E-state index is 0.268. The van der Waals surface area contributed by atoms with E-state index in [2.05, 4.69) is 26.8 Å². The summed E-state index contributed by atoms with van der Waals surface area (Å²) in [6.45, 7) is -0.530. The molecule has 0 aliphatic heterocycles. The van der Waals surface area contributed by atoms with Crippen molar-refractivity contribution < 1.29 is 19.1 Å². The number of hydrogen-bond acceptors (Lipinski definition) is 4. The second kappa shape index (κ2) is 8.47. The summed E-state index contributed by atoms with van der Waals surface area (Å²) in [5, 5.41) is 0.485. The maximum absolute atomic E-state index is 11.9. The Bertz CT molecular complexity index is 765. The summed E-state index contributed by atoms with van der Waals surface area (Å²) in [7, 11) is 0. The number of hydrazine groups is 1. The third-order valence-corrected chi connectivity index (χ3v) is 3.79. The Labute approximate surface area is 151 Å². The lowest BCUT2D eigenvalue weighted by Crippen LogP contribution is -2.43. The van der Waals surface area contributed by atoms with E-state index in [9.17, 15) is 14.4 Å². The van der Waals surface area contributed by atoms with Crippen LogP contribution in [0.4, 0.5) is 0 Å². The molecular weight excluding hydrogens is 400 g/mol. The molecule has 0 fully saturated rings. The van der Waals surface area contributed by atoms with Crippen molar-refractivity contribution in [2.75, 3.05) is 6.61 Å². The maximum atomic E-state index is 11.9. The summed E-state index contributed by atoms with van der Waals surface area (Å²) < 4.78 is 5.43. The quantitative estimate of drug-likeness (QED) is 0.598. The van der Waals surface area contributed by atoms with Crippen LogP contribution in [0.15, 0.2) is 53.0 Å². The molecule has 2 N–H and O–H groups in total. The first-order chi connectivity index (χ1) is 11.5. The molecule has 0 saturated heterocycles. The van der Waals surface area contributed by atoms with E-state index in [1.165, 1.54) is 24.3 Å². The van der Waals surface area contributed by atoms with Crippen molar-refractivity contribution in [2.24, 2.45) is 0 Å². The number of carbonyl (C=O) groups is 3. The molecule has 124 valence electrons. The molecule has 2 rings (SSSR count). The molecule has 0 aliphatic rings. The summed E-state index contributed by atoms with van der Waals surface area (Å²) in [4.78, 5) is 35.2. The smallest absolute Gasteiger partial charge is 0.338 e. The van der Waals surface area contributed by atoms with Gasteiger partial charge in [-0.2, -0.15) is 0 Å². The molecule has 0 aliphatic carbocycles. The zero-order valence-electron chi connectivity index (χ0n) is 12.2. The number of rotatable bonds is 4. The van der Waals surface area contributed by atoms with Gasteiger partial charge in [0, 0.05) is 9.50 Å². The SMILES string of the molecule is O=C(COC(=O)c1ccc(Cl)cc1)NNC(=O)c1ccccc1Br. The highest BCUT2D eigenvalue weighted by Gasteiger charge is 2.12. The molecule has 0 saturated carbocycles. The summed E-state index contributed by atoms with van der Waals surface area (Å²) in [6, 6.07) is 12.8. The molecule has 2 aromatic rings. The molecule has 6 nitrogen and oxygen atoms in total. The zero-order chi connectivity index (χ0) is 17.5. The largest absolute Gasteiger partial charge is 0.452 e. The Morgan fingerprint density at radius 2 is 1.67 bits per heavy atom. The summed E-state index contributed by atoms with van der Waals surface area (Å²) >= 11 is 8.95. The van der Waals surface area contributed by atoms with Crippen molar-refractivity contribution in [3.63, 3.8) is 0 Å². The standard InChI is InChI=1S/C16H12BrClN2O4/c17-13-4-2-1-3-12(13)15(22)20-19-14(21)9-24-16(23)10-5-7-11(18)8-6-10/h1-8H,9H2,(H,19,21)(H,20,22). The van der Waals surface area contributed by atoms with Crippen molar-refractivity contribution in [1.29, 1.82) is 0 Å². The fourth-order valence-corrected chi connectivity index (χ4v) is 2.27.